The molecule has 0 N–H and O–H groups in total. The van der Waals surface area contributed by atoms with Crippen LogP contribution in [0.4, 0.5) is 5.69 Å². The number of anilines is 1. The summed E-state index contributed by atoms with van der Waals surface area (Å²) in [7, 11) is 0. The molecule has 0 aliphatic carbocycles. The minimum Gasteiger partial charge on any atom is -0.492 e. The van der Waals surface area contributed by atoms with Crippen molar-refractivity contribution in [1.29, 1.82) is 0 Å². The highest BCUT2D eigenvalue weighted by atomic mass is 16.5. The number of carbonyl (C=O) groups is 1. The molecule has 0 spiro atoms. The zero-order chi connectivity index (χ0) is 22.9. The SMILES string of the molecule is Cc1cccc(OCCn2c([C@H]3CC(=O)N(c4ccc(C)cc4C)C3)nc3ccccc32)c1. The molecule has 0 unspecified atom stereocenters. The van der Waals surface area contributed by atoms with Crippen LogP contribution in [0.5, 0.6) is 5.75 Å². The third-order valence-electron chi connectivity index (χ3n) is 6.39. The van der Waals surface area contributed by atoms with Gasteiger partial charge in [0.15, 0.2) is 0 Å². The summed E-state index contributed by atoms with van der Waals surface area (Å²) in [4.78, 5) is 19.9. The molecule has 1 aromatic heterocycles. The zero-order valence-electron chi connectivity index (χ0n) is 19.4. The Morgan fingerprint density at radius 3 is 2.61 bits per heavy atom. The molecule has 0 radical (unpaired) electrons. The van der Waals surface area contributed by atoms with Crippen molar-refractivity contribution >= 4 is 22.6 Å². The number of para-hydroxylation sites is 2. The van der Waals surface area contributed by atoms with Gasteiger partial charge in [0.05, 0.1) is 17.6 Å². The van der Waals surface area contributed by atoms with Gasteiger partial charge in [-0.1, -0.05) is 42.0 Å². The average Bonchev–Trinajstić information content (AvgIpc) is 3.35. The molecule has 4 aromatic rings. The molecule has 0 saturated carbocycles. The highest BCUT2D eigenvalue weighted by Gasteiger charge is 2.35. The second-order valence-electron chi connectivity index (χ2n) is 8.97. The largest absolute Gasteiger partial charge is 0.492 e. The maximum atomic E-state index is 13.0. The number of hydrogen-bond donors (Lipinski definition) is 0. The lowest BCUT2D eigenvalue weighted by Gasteiger charge is -2.20. The number of imidazole rings is 1. The number of aryl methyl sites for hydroxylation is 3. The van der Waals surface area contributed by atoms with E-state index in [1.54, 1.807) is 0 Å². The summed E-state index contributed by atoms with van der Waals surface area (Å²) in [6.45, 7) is 8.07. The summed E-state index contributed by atoms with van der Waals surface area (Å²) >= 11 is 0. The third kappa shape index (κ3) is 4.23. The smallest absolute Gasteiger partial charge is 0.227 e. The van der Waals surface area contributed by atoms with E-state index in [-0.39, 0.29) is 11.8 Å². The summed E-state index contributed by atoms with van der Waals surface area (Å²) in [6.07, 6.45) is 0.468. The van der Waals surface area contributed by atoms with Crippen LogP contribution in [-0.2, 0) is 11.3 Å². The molecule has 5 nitrogen and oxygen atoms in total. The Balaban J connectivity index is 1.41. The van der Waals surface area contributed by atoms with E-state index in [0.29, 0.717) is 26.1 Å². The van der Waals surface area contributed by atoms with E-state index in [1.165, 1.54) is 11.1 Å². The van der Waals surface area contributed by atoms with Gasteiger partial charge in [0.2, 0.25) is 5.91 Å². The van der Waals surface area contributed by atoms with Gasteiger partial charge in [-0.05, 0) is 62.2 Å². The molecule has 168 valence electrons. The Labute approximate surface area is 194 Å². The second kappa shape index (κ2) is 8.74. The Bertz CT molecular complexity index is 1320. The van der Waals surface area contributed by atoms with Gasteiger partial charge in [0.1, 0.15) is 18.2 Å². The first-order valence-corrected chi connectivity index (χ1v) is 11.5. The number of nitrogens with zero attached hydrogens (tertiary/aromatic N) is 3. The van der Waals surface area contributed by atoms with E-state index in [1.807, 2.05) is 41.3 Å². The van der Waals surface area contributed by atoms with Crippen molar-refractivity contribution in [3.63, 3.8) is 0 Å². The van der Waals surface area contributed by atoms with Crippen molar-refractivity contribution in [2.24, 2.45) is 0 Å². The molecule has 1 fully saturated rings. The highest BCUT2D eigenvalue weighted by Crippen LogP contribution is 2.34. The number of amides is 1. The first-order valence-electron chi connectivity index (χ1n) is 11.5. The van der Waals surface area contributed by atoms with Crippen LogP contribution >= 0.6 is 0 Å². The van der Waals surface area contributed by atoms with E-state index in [9.17, 15) is 4.79 Å². The standard InChI is InChI=1S/C28H29N3O2/c1-19-7-6-8-23(16-19)33-14-13-30-26-10-5-4-9-24(26)29-28(30)22-17-27(32)31(18-22)25-12-11-20(2)15-21(25)3/h4-12,15-16,22H,13-14,17-18H2,1-3H3/t22-/m0/s1. The predicted molar refractivity (Wildman–Crippen MR) is 132 cm³/mol. The molecule has 1 aliphatic heterocycles. The van der Waals surface area contributed by atoms with E-state index in [2.05, 4.69) is 55.7 Å². The number of carbonyl (C=O) groups excluding carboxylic acids is 1. The molecular formula is C28H29N3O2. The molecule has 1 aliphatic rings. The number of hydrogen-bond acceptors (Lipinski definition) is 3. The predicted octanol–water partition coefficient (Wildman–Crippen LogP) is 5.56. The van der Waals surface area contributed by atoms with Crippen molar-refractivity contribution in [3.05, 3.63) is 89.2 Å². The van der Waals surface area contributed by atoms with Crippen LogP contribution in [-0.4, -0.2) is 28.6 Å². The Morgan fingerprint density at radius 2 is 1.79 bits per heavy atom. The van der Waals surface area contributed by atoms with Gasteiger partial charge in [-0.2, -0.15) is 0 Å². The van der Waals surface area contributed by atoms with Crippen molar-refractivity contribution in [2.45, 2.75) is 39.7 Å². The summed E-state index contributed by atoms with van der Waals surface area (Å²) in [5.41, 5.74) is 6.55. The van der Waals surface area contributed by atoms with Gasteiger partial charge in [0.25, 0.3) is 0 Å². The van der Waals surface area contributed by atoms with Crippen LogP contribution in [0.25, 0.3) is 11.0 Å². The Hall–Kier alpha value is -3.60. The van der Waals surface area contributed by atoms with E-state index in [0.717, 1.165) is 33.9 Å². The number of benzene rings is 3. The lowest BCUT2D eigenvalue weighted by molar-refractivity contribution is -0.117. The maximum Gasteiger partial charge on any atom is 0.227 e. The number of rotatable bonds is 6. The fraction of sp³-hybridized carbons (Fsp3) is 0.286. The van der Waals surface area contributed by atoms with Crippen LogP contribution in [0.1, 0.15) is 34.9 Å². The Morgan fingerprint density at radius 1 is 0.970 bits per heavy atom. The lowest BCUT2D eigenvalue weighted by Crippen LogP contribution is -2.25. The molecular weight excluding hydrogens is 410 g/mol. The molecule has 5 heteroatoms. The van der Waals surface area contributed by atoms with Crippen LogP contribution in [0.2, 0.25) is 0 Å². The average molecular weight is 440 g/mol. The zero-order valence-corrected chi connectivity index (χ0v) is 19.4. The van der Waals surface area contributed by atoms with Crippen LogP contribution in [0, 0.1) is 20.8 Å². The topological polar surface area (TPSA) is 47.4 Å². The van der Waals surface area contributed by atoms with Crippen LogP contribution < -0.4 is 9.64 Å². The van der Waals surface area contributed by atoms with Gasteiger partial charge < -0.3 is 14.2 Å². The minimum atomic E-state index is 0.0459. The van der Waals surface area contributed by atoms with Gasteiger partial charge in [-0.25, -0.2) is 4.98 Å². The van der Waals surface area contributed by atoms with Gasteiger partial charge in [-0.15, -0.1) is 0 Å². The third-order valence-corrected chi connectivity index (χ3v) is 6.39. The lowest BCUT2D eigenvalue weighted by atomic mass is 10.1. The quantitative estimate of drug-likeness (QED) is 0.395. The summed E-state index contributed by atoms with van der Waals surface area (Å²) in [5.74, 6) is 2.04. The highest BCUT2D eigenvalue weighted by molar-refractivity contribution is 5.97. The van der Waals surface area contributed by atoms with Gasteiger partial charge in [0, 0.05) is 24.6 Å². The second-order valence-corrected chi connectivity index (χ2v) is 8.97. The first-order chi connectivity index (χ1) is 16.0. The van der Waals surface area contributed by atoms with Gasteiger partial charge >= 0.3 is 0 Å². The monoisotopic (exact) mass is 439 g/mol. The molecule has 1 amide bonds. The van der Waals surface area contributed by atoms with Crippen molar-refractivity contribution in [2.75, 3.05) is 18.1 Å². The molecule has 2 heterocycles. The maximum absolute atomic E-state index is 13.0. The number of ether oxygens (including phenoxy) is 1. The fourth-order valence-corrected chi connectivity index (χ4v) is 4.82. The van der Waals surface area contributed by atoms with Crippen molar-refractivity contribution in [3.8, 4) is 5.75 Å². The molecule has 0 bridgehead atoms. The number of aromatic nitrogens is 2. The Kier molecular flexibility index (Phi) is 5.63. The van der Waals surface area contributed by atoms with E-state index >= 15 is 0 Å². The minimum absolute atomic E-state index is 0.0459. The first kappa shape index (κ1) is 21.3. The fourth-order valence-electron chi connectivity index (χ4n) is 4.82. The van der Waals surface area contributed by atoms with E-state index < -0.39 is 0 Å². The van der Waals surface area contributed by atoms with Gasteiger partial charge in [-0.3, -0.25) is 4.79 Å². The van der Waals surface area contributed by atoms with Crippen molar-refractivity contribution in [1.82, 2.24) is 9.55 Å². The summed E-state index contributed by atoms with van der Waals surface area (Å²) in [6, 6.07) is 22.5. The molecule has 5 rings (SSSR count). The summed E-state index contributed by atoms with van der Waals surface area (Å²) in [5, 5.41) is 0. The van der Waals surface area contributed by atoms with E-state index in [4.69, 9.17) is 9.72 Å². The normalized spacial score (nSPS) is 16.0. The molecule has 3 aromatic carbocycles. The summed E-state index contributed by atoms with van der Waals surface area (Å²) < 4.78 is 8.27. The molecule has 1 atom stereocenters. The number of fused-ring (bicyclic) bond motifs is 1. The van der Waals surface area contributed by atoms with Crippen molar-refractivity contribution < 1.29 is 9.53 Å². The molecule has 33 heavy (non-hydrogen) atoms. The van der Waals surface area contributed by atoms with Crippen LogP contribution in [0.15, 0.2) is 66.7 Å². The van der Waals surface area contributed by atoms with Crippen LogP contribution in [0.3, 0.4) is 0 Å². The molecule has 1 saturated heterocycles.